The van der Waals surface area contributed by atoms with Crippen LogP contribution < -0.4 is 20.3 Å². The Bertz CT molecular complexity index is 1330. The van der Waals surface area contributed by atoms with E-state index in [-0.39, 0.29) is 39.7 Å². The first-order valence-corrected chi connectivity index (χ1v) is 11.4. The van der Waals surface area contributed by atoms with Crippen molar-refractivity contribution in [3.8, 4) is 40.2 Å². The third kappa shape index (κ3) is 5.17. The predicted octanol–water partition coefficient (Wildman–Crippen LogP) is 4.04. The van der Waals surface area contributed by atoms with E-state index in [0.717, 1.165) is 38.4 Å². The molecule has 3 aromatic rings. The molecule has 2 heterocycles. The molecule has 1 atom stereocenters. The Morgan fingerprint density at radius 3 is 2.63 bits per heavy atom. The monoisotopic (exact) mass is 480 g/mol. The van der Waals surface area contributed by atoms with E-state index in [1.807, 2.05) is 0 Å². The first-order chi connectivity index (χ1) is 16.9. The van der Waals surface area contributed by atoms with E-state index in [9.17, 15) is 13.6 Å². The average Bonchev–Trinajstić information content (AvgIpc) is 3.13. The van der Waals surface area contributed by atoms with E-state index in [0.29, 0.717) is 12.5 Å². The zero-order valence-corrected chi connectivity index (χ0v) is 19.6. The van der Waals surface area contributed by atoms with Crippen molar-refractivity contribution in [2.75, 3.05) is 26.8 Å². The summed E-state index contributed by atoms with van der Waals surface area (Å²) in [5.41, 5.74) is 0.157. The topological polar surface area (TPSA) is 89.2 Å². The fourth-order valence-electron chi connectivity index (χ4n) is 4.21. The summed E-state index contributed by atoms with van der Waals surface area (Å²) in [6, 6.07) is 9.98. The van der Waals surface area contributed by atoms with Gasteiger partial charge in [-0.15, -0.1) is 0 Å². The molecule has 7 nitrogen and oxygen atoms in total. The molecule has 1 N–H and O–H groups in total. The number of nitriles is 1. The molecule has 35 heavy (non-hydrogen) atoms. The maximum Gasteiger partial charge on any atom is 0.299 e. The molecule has 0 saturated carbocycles. The number of halogens is 2. The number of methoxy groups -OCH3 is 1. The smallest absolute Gasteiger partial charge is 0.299 e. The van der Waals surface area contributed by atoms with Crippen LogP contribution in [0.25, 0.3) is 22.4 Å². The highest BCUT2D eigenvalue weighted by molar-refractivity contribution is 5.81. The van der Waals surface area contributed by atoms with Gasteiger partial charge in [0, 0.05) is 12.6 Å². The minimum atomic E-state index is -0.743. The molecule has 1 aliphatic heterocycles. The molecule has 0 bridgehead atoms. The van der Waals surface area contributed by atoms with Gasteiger partial charge in [-0.05, 0) is 68.1 Å². The van der Waals surface area contributed by atoms with E-state index >= 15 is 0 Å². The van der Waals surface area contributed by atoms with E-state index in [1.54, 1.807) is 12.1 Å². The summed E-state index contributed by atoms with van der Waals surface area (Å²) in [4.78, 5) is 18.1. The van der Waals surface area contributed by atoms with E-state index in [2.05, 4.69) is 10.3 Å². The molecule has 1 fully saturated rings. The maximum absolute atomic E-state index is 14.5. The summed E-state index contributed by atoms with van der Waals surface area (Å²) in [6.07, 6.45) is 2.99. The Morgan fingerprint density at radius 1 is 1.14 bits per heavy atom. The third-order valence-electron chi connectivity index (χ3n) is 6.20. The zero-order chi connectivity index (χ0) is 24.9. The fraction of sp³-hybridized carbons (Fsp3) is 0.346. The van der Waals surface area contributed by atoms with Gasteiger partial charge in [-0.25, -0.2) is 8.78 Å². The molecule has 9 heteroatoms. The normalized spacial score (nSPS) is 15.8. The third-order valence-corrected chi connectivity index (χ3v) is 6.20. The van der Waals surface area contributed by atoms with Crippen LogP contribution in [0.15, 0.2) is 41.2 Å². The second-order valence-corrected chi connectivity index (χ2v) is 8.50. The van der Waals surface area contributed by atoms with Crippen LogP contribution in [0.2, 0.25) is 0 Å². The van der Waals surface area contributed by atoms with Gasteiger partial charge in [-0.3, -0.25) is 9.36 Å². The molecular weight excluding hydrogens is 454 g/mol. The van der Waals surface area contributed by atoms with Gasteiger partial charge in [0.05, 0.1) is 30.5 Å². The molecule has 1 saturated heterocycles. The molecule has 0 aliphatic carbocycles. The van der Waals surface area contributed by atoms with Crippen LogP contribution in [-0.2, 0) is 7.05 Å². The van der Waals surface area contributed by atoms with E-state index in [1.165, 1.54) is 43.0 Å². The van der Waals surface area contributed by atoms with Gasteiger partial charge in [0.1, 0.15) is 11.9 Å². The number of hydrogen-bond acceptors (Lipinski definition) is 6. The van der Waals surface area contributed by atoms with Gasteiger partial charge in [0.15, 0.2) is 11.6 Å². The molecular formula is C26H26F2N4O3. The van der Waals surface area contributed by atoms with Crippen LogP contribution in [-0.4, -0.2) is 36.4 Å². The van der Waals surface area contributed by atoms with Crippen molar-refractivity contribution in [1.29, 1.82) is 5.26 Å². The molecule has 0 amide bonds. The SMILES string of the molecule is COc1ccc(-c2c(-c3ccc(C#N)c(F)c3)nc(OCC3CCCNCC3)n(C)c2=O)cc1F. The van der Waals surface area contributed by atoms with Gasteiger partial charge in [-0.2, -0.15) is 10.2 Å². The highest BCUT2D eigenvalue weighted by Crippen LogP contribution is 2.32. The molecule has 1 unspecified atom stereocenters. The lowest BCUT2D eigenvalue weighted by Gasteiger charge is -2.18. The Labute approximate surface area is 202 Å². The molecule has 1 aromatic heterocycles. The van der Waals surface area contributed by atoms with Crippen LogP contribution in [0, 0.1) is 28.9 Å². The van der Waals surface area contributed by atoms with Gasteiger partial charge in [0.2, 0.25) is 0 Å². The number of nitrogens with one attached hydrogen (secondary N) is 1. The maximum atomic E-state index is 14.5. The lowest BCUT2D eigenvalue weighted by molar-refractivity contribution is 0.211. The average molecular weight is 481 g/mol. The summed E-state index contributed by atoms with van der Waals surface area (Å²) < 4.78 is 41.3. The van der Waals surface area contributed by atoms with Gasteiger partial charge >= 0.3 is 0 Å². The van der Waals surface area contributed by atoms with Gasteiger partial charge in [-0.1, -0.05) is 12.1 Å². The first kappa shape index (κ1) is 24.4. The molecule has 4 rings (SSSR count). The van der Waals surface area contributed by atoms with Crippen molar-refractivity contribution < 1.29 is 18.3 Å². The minimum Gasteiger partial charge on any atom is -0.494 e. The second-order valence-electron chi connectivity index (χ2n) is 8.50. The number of aromatic nitrogens is 2. The fourth-order valence-corrected chi connectivity index (χ4v) is 4.21. The molecule has 1 aliphatic rings. The molecule has 182 valence electrons. The zero-order valence-electron chi connectivity index (χ0n) is 19.6. The van der Waals surface area contributed by atoms with Crippen LogP contribution in [0.4, 0.5) is 8.78 Å². The Hall–Kier alpha value is -3.77. The Kier molecular flexibility index (Phi) is 7.42. The number of hydrogen-bond donors (Lipinski definition) is 1. The largest absolute Gasteiger partial charge is 0.494 e. The first-order valence-electron chi connectivity index (χ1n) is 11.4. The van der Waals surface area contributed by atoms with Crippen molar-refractivity contribution in [3.63, 3.8) is 0 Å². The van der Waals surface area contributed by atoms with Crippen LogP contribution in [0.1, 0.15) is 24.8 Å². The standard InChI is InChI=1S/C26H26F2N4O3/c1-32-25(33)23(17-7-8-22(34-2)21(28)12-17)24(18-5-6-19(14-29)20(27)13-18)31-26(32)35-15-16-4-3-10-30-11-9-16/h5-8,12-13,16,30H,3-4,9-11,15H2,1-2H3. The quantitative estimate of drug-likeness (QED) is 0.573. The van der Waals surface area contributed by atoms with Gasteiger partial charge < -0.3 is 14.8 Å². The van der Waals surface area contributed by atoms with Crippen molar-refractivity contribution >= 4 is 0 Å². The number of benzene rings is 2. The summed E-state index contributed by atoms with van der Waals surface area (Å²) in [7, 11) is 2.88. The number of ether oxygens (including phenoxy) is 2. The van der Waals surface area contributed by atoms with Crippen LogP contribution >= 0.6 is 0 Å². The summed E-state index contributed by atoms with van der Waals surface area (Å²) >= 11 is 0. The molecule has 0 spiro atoms. The summed E-state index contributed by atoms with van der Waals surface area (Å²) in [6.45, 7) is 2.26. The lowest BCUT2D eigenvalue weighted by atomic mass is 9.99. The number of nitrogens with zero attached hydrogens (tertiary/aromatic N) is 3. The summed E-state index contributed by atoms with van der Waals surface area (Å²) in [5, 5.41) is 12.4. The van der Waals surface area contributed by atoms with Gasteiger partial charge in [0.25, 0.3) is 11.6 Å². The second kappa shape index (κ2) is 10.7. The highest BCUT2D eigenvalue weighted by Gasteiger charge is 2.22. The van der Waals surface area contributed by atoms with Crippen LogP contribution in [0.3, 0.4) is 0 Å². The molecule has 0 radical (unpaired) electrons. The van der Waals surface area contributed by atoms with Crippen molar-refractivity contribution in [2.24, 2.45) is 13.0 Å². The van der Waals surface area contributed by atoms with E-state index in [4.69, 9.17) is 14.7 Å². The Balaban J connectivity index is 1.83. The predicted molar refractivity (Wildman–Crippen MR) is 127 cm³/mol. The lowest BCUT2D eigenvalue weighted by Crippen LogP contribution is -2.25. The highest BCUT2D eigenvalue weighted by atomic mass is 19.1. The molecule has 2 aromatic carbocycles. The van der Waals surface area contributed by atoms with Crippen molar-refractivity contribution in [2.45, 2.75) is 19.3 Å². The van der Waals surface area contributed by atoms with E-state index < -0.39 is 17.2 Å². The minimum absolute atomic E-state index is 0.0299. The van der Waals surface area contributed by atoms with Crippen molar-refractivity contribution in [1.82, 2.24) is 14.9 Å². The summed E-state index contributed by atoms with van der Waals surface area (Å²) in [5.74, 6) is -1.05. The van der Waals surface area contributed by atoms with Crippen molar-refractivity contribution in [3.05, 3.63) is 63.9 Å². The number of rotatable bonds is 6. The Morgan fingerprint density at radius 2 is 1.91 bits per heavy atom. The van der Waals surface area contributed by atoms with Crippen LogP contribution in [0.5, 0.6) is 11.8 Å².